The summed E-state index contributed by atoms with van der Waals surface area (Å²) in [7, 11) is 1.87. The number of rotatable bonds is 8. The second-order valence-corrected chi connectivity index (χ2v) is 7.44. The maximum Gasteiger partial charge on any atom is 0.191 e. The third-order valence-electron chi connectivity index (χ3n) is 4.43. The average molecular weight is 413 g/mol. The summed E-state index contributed by atoms with van der Waals surface area (Å²) in [5, 5.41) is 15.2. The standard InChI is InChI=1S/C20H28N8S/c1-5-21-20(24-11-15-7-6-14(2)10-17(15)29-4)23-9-8-22-18-16-12-27-28(3)19(16)26-13-25-18/h6-7,10,12-13H,5,8-9,11H2,1-4H3,(H2,21,23,24)(H,22,25,26). The molecule has 0 saturated heterocycles. The van der Waals surface area contributed by atoms with E-state index in [1.165, 1.54) is 16.0 Å². The van der Waals surface area contributed by atoms with Gasteiger partial charge < -0.3 is 16.0 Å². The minimum atomic E-state index is 0.640. The lowest BCUT2D eigenvalue weighted by atomic mass is 10.1. The van der Waals surface area contributed by atoms with Crippen LogP contribution < -0.4 is 16.0 Å². The van der Waals surface area contributed by atoms with Crippen LogP contribution in [0.3, 0.4) is 0 Å². The fraction of sp³-hybridized carbons (Fsp3) is 0.400. The number of anilines is 1. The van der Waals surface area contributed by atoms with Crippen molar-refractivity contribution in [1.82, 2.24) is 30.4 Å². The lowest BCUT2D eigenvalue weighted by molar-refractivity contribution is 0.785. The molecule has 0 spiro atoms. The molecule has 8 nitrogen and oxygen atoms in total. The Labute approximate surface area is 175 Å². The molecule has 29 heavy (non-hydrogen) atoms. The van der Waals surface area contributed by atoms with Crippen LogP contribution in [-0.2, 0) is 13.6 Å². The van der Waals surface area contributed by atoms with Crippen molar-refractivity contribution in [3.63, 3.8) is 0 Å². The largest absolute Gasteiger partial charge is 0.368 e. The summed E-state index contributed by atoms with van der Waals surface area (Å²) in [6.45, 7) is 7.04. The lowest BCUT2D eigenvalue weighted by Gasteiger charge is -2.13. The van der Waals surface area contributed by atoms with Gasteiger partial charge in [0.1, 0.15) is 12.1 Å². The smallest absolute Gasteiger partial charge is 0.191 e. The van der Waals surface area contributed by atoms with Gasteiger partial charge in [-0.05, 0) is 37.3 Å². The van der Waals surface area contributed by atoms with Gasteiger partial charge in [-0.25, -0.2) is 15.0 Å². The molecule has 0 radical (unpaired) electrons. The number of aliphatic imine (C=N–C) groups is 1. The molecule has 0 bridgehead atoms. The summed E-state index contributed by atoms with van der Waals surface area (Å²) >= 11 is 1.76. The topological polar surface area (TPSA) is 92.1 Å². The summed E-state index contributed by atoms with van der Waals surface area (Å²) in [5.74, 6) is 1.59. The minimum absolute atomic E-state index is 0.640. The van der Waals surface area contributed by atoms with E-state index in [2.05, 4.69) is 69.3 Å². The van der Waals surface area contributed by atoms with Gasteiger partial charge in [0.2, 0.25) is 0 Å². The molecule has 0 aliphatic rings. The molecule has 3 rings (SSSR count). The van der Waals surface area contributed by atoms with Crippen LogP contribution in [-0.4, -0.2) is 51.6 Å². The molecule has 154 valence electrons. The molecule has 1 aromatic carbocycles. The summed E-state index contributed by atoms with van der Waals surface area (Å²) in [6.07, 6.45) is 5.43. The number of thioether (sulfide) groups is 1. The molecule has 0 aliphatic heterocycles. The fourth-order valence-corrected chi connectivity index (χ4v) is 3.65. The molecule has 0 amide bonds. The summed E-state index contributed by atoms with van der Waals surface area (Å²) < 4.78 is 1.74. The van der Waals surface area contributed by atoms with Crippen LogP contribution in [0.4, 0.5) is 5.82 Å². The number of hydrogen-bond acceptors (Lipinski definition) is 6. The number of hydrogen-bond donors (Lipinski definition) is 3. The van der Waals surface area contributed by atoms with Crippen LogP contribution >= 0.6 is 11.8 Å². The minimum Gasteiger partial charge on any atom is -0.368 e. The van der Waals surface area contributed by atoms with Crippen molar-refractivity contribution in [2.45, 2.75) is 25.3 Å². The van der Waals surface area contributed by atoms with E-state index in [0.717, 1.165) is 29.4 Å². The molecule has 3 aromatic rings. The van der Waals surface area contributed by atoms with Crippen molar-refractivity contribution < 1.29 is 0 Å². The molecular formula is C20H28N8S. The Kier molecular flexibility index (Phi) is 7.29. The van der Waals surface area contributed by atoms with E-state index in [9.17, 15) is 0 Å². The highest BCUT2D eigenvalue weighted by atomic mass is 32.2. The van der Waals surface area contributed by atoms with Crippen LogP contribution in [0.1, 0.15) is 18.1 Å². The first kappa shape index (κ1) is 20.9. The zero-order valence-electron chi connectivity index (χ0n) is 17.4. The molecule has 9 heteroatoms. The number of aromatic nitrogens is 4. The van der Waals surface area contributed by atoms with Gasteiger partial charge in [-0.3, -0.25) is 4.68 Å². The molecule has 0 saturated carbocycles. The van der Waals surface area contributed by atoms with Crippen molar-refractivity contribution in [1.29, 1.82) is 0 Å². The predicted octanol–water partition coefficient (Wildman–Crippen LogP) is 2.56. The molecular weight excluding hydrogens is 384 g/mol. The highest BCUT2D eigenvalue weighted by molar-refractivity contribution is 7.98. The van der Waals surface area contributed by atoms with Gasteiger partial charge in [0.15, 0.2) is 11.6 Å². The lowest BCUT2D eigenvalue weighted by Crippen LogP contribution is -2.39. The van der Waals surface area contributed by atoms with Gasteiger partial charge in [-0.2, -0.15) is 5.10 Å². The number of fused-ring (bicyclic) bond motifs is 1. The summed E-state index contributed by atoms with van der Waals surface area (Å²) in [5.41, 5.74) is 3.32. The van der Waals surface area contributed by atoms with Gasteiger partial charge in [-0.1, -0.05) is 12.1 Å². The third kappa shape index (κ3) is 5.38. The maximum atomic E-state index is 4.73. The second kappa shape index (κ2) is 10.1. The van der Waals surface area contributed by atoms with E-state index in [1.54, 1.807) is 29.0 Å². The van der Waals surface area contributed by atoms with E-state index in [4.69, 9.17) is 4.99 Å². The van der Waals surface area contributed by atoms with Crippen molar-refractivity contribution >= 4 is 34.6 Å². The number of nitrogens with zero attached hydrogens (tertiary/aromatic N) is 5. The van der Waals surface area contributed by atoms with Gasteiger partial charge >= 0.3 is 0 Å². The van der Waals surface area contributed by atoms with Crippen LogP contribution in [0.15, 0.2) is 40.6 Å². The van der Waals surface area contributed by atoms with Crippen molar-refractivity contribution in [2.24, 2.45) is 12.0 Å². The van der Waals surface area contributed by atoms with Crippen LogP contribution in [0.2, 0.25) is 0 Å². The molecule has 3 N–H and O–H groups in total. The maximum absolute atomic E-state index is 4.73. The van der Waals surface area contributed by atoms with Gasteiger partial charge in [0.25, 0.3) is 0 Å². The zero-order chi connectivity index (χ0) is 20.6. The van der Waals surface area contributed by atoms with Crippen LogP contribution in [0, 0.1) is 6.92 Å². The summed E-state index contributed by atoms with van der Waals surface area (Å²) in [4.78, 5) is 14.6. The number of nitrogens with one attached hydrogen (secondary N) is 3. The second-order valence-electron chi connectivity index (χ2n) is 6.59. The number of benzene rings is 1. The van der Waals surface area contributed by atoms with Gasteiger partial charge in [0.05, 0.1) is 18.1 Å². The Balaban J connectivity index is 1.57. The molecule has 0 aliphatic carbocycles. The molecule has 0 unspecified atom stereocenters. The molecule has 2 heterocycles. The molecule has 0 fully saturated rings. The highest BCUT2D eigenvalue weighted by Crippen LogP contribution is 2.22. The summed E-state index contributed by atoms with van der Waals surface area (Å²) in [6, 6.07) is 6.50. The van der Waals surface area contributed by atoms with Crippen LogP contribution in [0.5, 0.6) is 0 Å². The highest BCUT2D eigenvalue weighted by Gasteiger charge is 2.07. The fourth-order valence-electron chi connectivity index (χ4n) is 2.95. The van der Waals surface area contributed by atoms with Crippen LogP contribution in [0.25, 0.3) is 11.0 Å². The monoisotopic (exact) mass is 412 g/mol. The van der Waals surface area contributed by atoms with E-state index >= 15 is 0 Å². The normalized spacial score (nSPS) is 11.7. The Morgan fingerprint density at radius 3 is 2.86 bits per heavy atom. The Hall–Kier alpha value is -2.81. The number of aryl methyl sites for hydroxylation is 2. The first-order chi connectivity index (χ1) is 14.1. The van der Waals surface area contributed by atoms with Crippen molar-refractivity contribution in [3.05, 3.63) is 41.9 Å². The van der Waals surface area contributed by atoms with E-state index in [-0.39, 0.29) is 0 Å². The average Bonchev–Trinajstić information content (AvgIpc) is 3.11. The zero-order valence-corrected chi connectivity index (χ0v) is 18.2. The molecule has 2 aromatic heterocycles. The Bertz CT molecular complexity index is 982. The number of guanidine groups is 1. The predicted molar refractivity (Wildman–Crippen MR) is 121 cm³/mol. The van der Waals surface area contributed by atoms with Gasteiger partial charge in [0, 0.05) is 31.6 Å². The molecule has 0 atom stereocenters. The SMILES string of the molecule is CCNC(=NCc1ccc(C)cc1SC)NCCNc1ncnc2c1cnn2C. The van der Waals surface area contributed by atoms with E-state index in [0.29, 0.717) is 19.6 Å². The Morgan fingerprint density at radius 2 is 2.07 bits per heavy atom. The van der Waals surface area contributed by atoms with Gasteiger partial charge in [-0.15, -0.1) is 11.8 Å². The third-order valence-corrected chi connectivity index (χ3v) is 5.25. The van der Waals surface area contributed by atoms with Crippen molar-refractivity contribution in [3.8, 4) is 0 Å². The van der Waals surface area contributed by atoms with E-state index in [1.807, 2.05) is 7.05 Å². The quantitative estimate of drug-likeness (QED) is 0.227. The first-order valence-electron chi connectivity index (χ1n) is 9.64. The first-order valence-corrected chi connectivity index (χ1v) is 10.9. The van der Waals surface area contributed by atoms with E-state index < -0.39 is 0 Å². The van der Waals surface area contributed by atoms with Crippen molar-refractivity contribution in [2.75, 3.05) is 31.2 Å². The Morgan fingerprint density at radius 1 is 1.21 bits per heavy atom.